The van der Waals surface area contributed by atoms with Crippen LogP contribution >= 0.6 is 12.2 Å². The minimum Gasteiger partial charge on any atom is -0.497 e. The zero-order chi connectivity index (χ0) is 19.2. The van der Waals surface area contributed by atoms with Gasteiger partial charge in [0, 0.05) is 30.6 Å². The minimum absolute atomic E-state index is 0.125. The topological polar surface area (TPSA) is 63.7 Å². The first-order valence-corrected chi connectivity index (χ1v) is 9.28. The number of piperidine rings is 1. The van der Waals surface area contributed by atoms with Gasteiger partial charge in [0.25, 0.3) is 5.91 Å². The van der Waals surface area contributed by atoms with Crippen LogP contribution in [0, 0.1) is 0 Å². The Balaban J connectivity index is 1.76. The molecule has 1 aromatic carbocycles. The molecule has 1 aromatic heterocycles. The lowest BCUT2D eigenvalue weighted by Crippen LogP contribution is -2.46. The average Bonchev–Trinajstić information content (AvgIpc) is 2.73. The molecule has 1 atom stereocenters. The van der Waals surface area contributed by atoms with Gasteiger partial charge in [-0.05, 0) is 55.2 Å². The van der Waals surface area contributed by atoms with E-state index in [-0.39, 0.29) is 11.9 Å². The van der Waals surface area contributed by atoms with Gasteiger partial charge in [0.05, 0.1) is 20.3 Å². The van der Waals surface area contributed by atoms with Crippen molar-refractivity contribution in [3.8, 4) is 11.5 Å². The Morgan fingerprint density at radius 3 is 2.59 bits per heavy atom. The molecule has 2 heterocycles. The van der Waals surface area contributed by atoms with Crippen molar-refractivity contribution >= 4 is 23.2 Å². The second-order valence-corrected chi connectivity index (χ2v) is 6.74. The molecular formula is C20H23N3O3S. The molecule has 1 saturated heterocycles. The summed E-state index contributed by atoms with van der Waals surface area (Å²) in [6.45, 7) is 0.806. The molecule has 142 valence electrons. The van der Waals surface area contributed by atoms with Gasteiger partial charge in [-0.25, -0.2) is 0 Å². The zero-order valence-electron chi connectivity index (χ0n) is 15.5. The maximum absolute atomic E-state index is 12.7. The first-order valence-electron chi connectivity index (χ1n) is 8.87. The summed E-state index contributed by atoms with van der Waals surface area (Å²) in [5, 5.41) is 3.28. The Bertz CT molecular complexity index is 791. The Hall–Kier alpha value is -2.67. The molecule has 1 N–H and O–H groups in total. The van der Waals surface area contributed by atoms with Crippen molar-refractivity contribution in [1.82, 2.24) is 15.2 Å². The van der Waals surface area contributed by atoms with E-state index >= 15 is 0 Å². The number of nitrogens with one attached hydrogen (secondary N) is 1. The number of pyridine rings is 1. The molecule has 0 unspecified atom stereocenters. The summed E-state index contributed by atoms with van der Waals surface area (Å²) in [4.78, 5) is 19.0. The fourth-order valence-corrected chi connectivity index (χ4v) is 3.59. The molecular weight excluding hydrogens is 362 g/mol. The SMILES string of the molecule is COc1cc(OC)cc(C(=O)NC(=S)N2CCCC[C@H]2c2cccnc2)c1. The third-order valence-electron chi connectivity index (χ3n) is 4.67. The highest BCUT2D eigenvalue weighted by atomic mass is 32.1. The number of amides is 1. The van der Waals surface area contributed by atoms with Gasteiger partial charge in [0.15, 0.2) is 5.11 Å². The molecule has 0 bridgehead atoms. The molecule has 0 saturated carbocycles. The predicted octanol–water partition coefficient (Wildman–Crippen LogP) is 3.34. The normalized spacial score (nSPS) is 16.5. The van der Waals surface area contributed by atoms with Gasteiger partial charge in [-0.2, -0.15) is 0 Å². The van der Waals surface area contributed by atoms with E-state index < -0.39 is 0 Å². The molecule has 1 aliphatic heterocycles. The third kappa shape index (κ3) is 4.54. The highest BCUT2D eigenvalue weighted by molar-refractivity contribution is 7.80. The molecule has 1 fully saturated rings. The highest BCUT2D eigenvalue weighted by Crippen LogP contribution is 2.30. The standard InChI is InChI=1S/C20H23N3O3S/c1-25-16-10-15(11-17(12-16)26-2)19(24)22-20(27)23-9-4-3-7-18(23)14-6-5-8-21-13-14/h5-6,8,10-13,18H,3-4,7,9H2,1-2H3,(H,22,24,27)/t18-/m0/s1. The van der Waals surface area contributed by atoms with Crippen LogP contribution in [-0.2, 0) is 0 Å². The number of rotatable bonds is 4. The summed E-state index contributed by atoms with van der Waals surface area (Å²) in [6, 6.07) is 9.14. The summed E-state index contributed by atoms with van der Waals surface area (Å²) < 4.78 is 10.5. The van der Waals surface area contributed by atoms with E-state index in [4.69, 9.17) is 21.7 Å². The summed E-state index contributed by atoms with van der Waals surface area (Å²) in [5.41, 5.74) is 1.54. The lowest BCUT2D eigenvalue weighted by atomic mass is 9.97. The fourth-order valence-electron chi connectivity index (χ4n) is 3.27. The van der Waals surface area contributed by atoms with Crippen molar-refractivity contribution in [2.24, 2.45) is 0 Å². The minimum atomic E-state index is -0.285. The first-order chi connectivity index (χ1) is 13.1. The van der Waals surface area contributed by atoms with Gasteiger partial charge in [0.2, 0.25) is 0 Å². The van der Waals surface area contributed by atoms with E-state index in [1.54, 1.807) is 38.6 Å². The number of nitrogens with zero attached hydrogens (tertiary/aromatic N) is 2. The Morgan fingerprint density at radius 1 is 1.22 bits per heavy atom. The van der Waals surface area contributed by atoms with Gasteiger partial charge in [0.1, 0.15) is 11.5 Å². The fraction of sp³-hybridized carbons (Fsp3) is 0.350. The number of thiocarbonyl (C=S) groups is 1. The van der Waals surface area contributed by atoms with E-state index in [9.17, 15) is 4.79 Å². The second kappa shape index (κ2) is 8.81. The van der Waals surface area contributed by atoms with Crippen LogP contribution in [0.2, 0.25) is 0 Å². The van der Waals surface area contributed by atoms with E-state index in [2.05, 4.69) is 15.2 Å². The van der Waals surface area contributed by atoms with Crippen LogP contribution < -0.4 is 14.8 Å². The number of hydrogen-bond acceptors (Lipinski definition) is 5. The van der Waals surface area contributed by atoms with Gasteiger partial charge in [-0.3, -0.25) is 15.1 Å². The maximum Gasteiger partial charge on any atom is 0.257 e. The molecule has 7 heteroatoms. The van der Waals surface area contributed by atoms with Crippen LogP contribution in [0.15, 0.2) is 42.7 Å². The predicted molar refractivity (Wildman–Crippen MR) is 107 cm³/mol. The number of benzene rings is 1. The summed E-state index contributed by atoms with van der Waals surface area (Å²) >= 11 is 5.56. The smallest absolute Gasteiger partial charge is 0.257 e. The van der Waals surface area contributed by atoms with Crippen molar-refractivity contribution in [2.75, 3.05) is 20.8 Å². The van der Waals surface area contributed by atoms with Crippen LogP contribution in [-0.4, -0.2) is 41.7 Å². The Morgan fingerprint density at radius 2 is 1.96 bits per heavy atom. The molecule has 0 radical (unpaired) electrons. The van der Waals surface area contributed by atoms with E-state index in [0.717, 1.165) is 31.4 Å². The van der Waals surface area contributed by atoms with Gasteiger partial charge in [-0.1, -0.05) is 6.07 Å². The number of methoxy groups -OCH3 is 2. The van der Waals surface area contributed by atoms with Crippen LogP contribution in [0.1, 0.15) is 41.2 Å². The van der Waals surface area contributed by atoms with E-state index in [0.29, 0.717) is 22.2 Å². The van der Waals surface area contributed by atoms with Crippen LogP contribution in [0.5, 0.6) is 11.5 Å². The van der Waals surface area contributed by atoms with Crippen LogP contribution in [0.25, 0.3) is 0 Å². The highest BCUT2D eigenvalue weighted by Gasteiger charge is 2.27. The molecule has 0 spiro atoms. The summed E-state index contributed by atoms with van der Waals surface area (Å²) in [6.07, 6.45) is 6.77. The van der Waals surface area contributed by atoms with Crippen molar-refractivity contribution < 1.29 is 14.3 Å². The summed E-state index contributed by atoms with van der Waals surface area (Å²) in [5.74, 6) is 0.820. The van der Waals surface area contributed by atoms with Gasteiger partial charge < -0.3 is 14.4 Å². The number of hydrogen-bond donors (Lipinski definition) is 1. The quantitative estimate of drug-likeness (QED) is 0.815. The Kier molecular flexibility index (Phi) is 6.24. The van der Waals surface area contributed by atoms with Crippen molar-refractivity contribution in [3.05, 3.63) is 53.9 Å². The molecule has 6 nitrogen and oxygen atoms in total. The van der Waals surface area contributed by atoms with Gasteiger partial charge >= 0.3 is 0 Å². The Labute approximate surface area is 164 Å². The third-order valence-corrected chi connectivity index (χ3v) is 5.00. The lowest BCUT2D eigenvalue weighted by Gasteiger charge is -2.37. The van der Waals surface area contributed by atoms with Crippen molar-refractivity contribution in [2.45, 2.75) is 25.3 Å². The molecule has 1 amide bonds. The molecule has 2 aromatic rings. The van der Waals surface area contributed by atoms with Crippen molar-refractivity contribution in [1.29, 1.82) is 0 Å². The van der Waals surface area contributed by atoms with E-state index in [1.807, 2.05) is 18.3 Å². The largest absolute Gasteiger partial charge is 0.497 e. The van der Waals surface area contributed by atoms with Crippen LogP contribution in [0.3, 0.4) is 0 Å². The van der Waals surface area contributed by atoms with Crippen molar-refractivity contribution in [3.63, 3.8) is 0 Å². The number of ether oxygens (including phenoxy) is 2. The van der Waals surface area contributed by atoms with E-state index in [1.165, 1.54) is 0 Å². The summed E-state index contributed by atoms with van der Waals surface area (Å²) in [7, 11) is 3.10. The zero-order valence-corrected chi connectivity index (χ0v) is 16.3. The number of carbonyl (C=O) groups excluding carboxylic acids is 1. The number of likely N-dealkylation sites (tertiary alicyclic amines) is 1. The average molecular weight is 385 g/mol. The number of aromatic nitrogens is 1. The molecule has 3 rings (SSSR count). The first kappa shape index (κ1) is 19.1. The van der Waals surface area contributed by atoms with Gasteiger partial charge in [-0.15, -0.1) is 0 Å². The monoisotopic (exact) mass is 385 g/mol. The molecule has 27 heavy (non-hydrogen) atoms. The molecule has 1 aliphatic rings. The van der Waals surface area contributed by atoms with Crippen LogP contribution in [0.4, 0.5) is 0 Å². The molecule has 0 aliphatic carbocycles. The second-order valence-electron chi connectivity index (χ2n) is 6.35. The lowest BCUT2D eigenvalue weighted by molar-refractivity contribution is 0.0969. The maximum atomic E-state index is 12.7. The number of carbonyl (C=O) groups is 1.